The highest BCUT2D eigenvalue weighted by atomic mass is 32.2. The normalized spacial score (nSPS) is 12.1. The predicted molar refractivity (Wildman–Crippen MR) is 74.3 cm³/mol. The fourth-order valence-electron chi connectivity index (χ4n) is 1.54. The molecule has 1 heterocycles. The van der Waals surface area contributed by atoms with Gasteiger partial charge in [-0.05, 0) is 31.2 Å². The van der Waals surface area contributed by atoms with Crippen LogP contribution in [0.5, 0.6) is 0 Å². The third-order valence-electron chi connectivity index (χ3n) is 2.69. The SMILES string of the molecule is CSCc1ccc(C(=O)NCCCC(C)C(=O)O)o1. The van der Waals surface area contributed by atoms with E-state index in [-0.39, 0.29) is 11.8 Å². The number of carbonyl (C=O) groups is 2. The van der Waals surface area contributed by atoms with Crippen molar-refractivity contribution in [1.29, 1.82) is 0 Å². The summed E-state index contributed by atoms with van der Waals surface area (Å²) in [5.74, 6) is 0.374. The van der Waals surface area contributed by atoms with Crippen molar-refractivity contribution >= 4 is 23.6 Å². The van der Waals surface area contributed by atoms with Crippen molar-refractivity contribution in [3.05, 3.63) is 23.7 Å². The Hall–Kier alpha value is -1.43. The average Bonchev–Trinajstić information content (AvgIpc) is 2.83. The maximum absolute atomic E-state index is 11.7. The number of aliphatic carboxylic acids is 1. The first-order valence-electron chi connectivity index (χ1n) is 6.13. The van der Waals surface area contributed by atoms with E-state index in [1.54, 1.807) is 30.8 Å². The van der Waals surface area contributed by atoms with Gasteiger partial charge in [0, 0.05) is 6.54 Å². The van der Waals surface area contributed by atoms with Crippen LogP contribution >= 0.6 is 11.8 Å². The van der Waals surface area contributed by atoms with Crippen molar-refractivity contribution in [1.82, 2.24) is 5.32 Å². The van der Waals surface area contributed by atoms with Crippen LogP contribution in [0.15, 0.2) is 16.5 Å². The van der Waals surface area contributed by atoms with E-state index in [1.165, 1.54) is 0 Å². The van der Waals surface area contributed by atoms with Gasteiger partial charge in [0.15, 0.2) is 5.76 Å². The topological polar surface area (TPSA) is 79.5 Å². The molecule has 0 saturated heterocycles. The molecule has 1 unspecified atom stereocenters. The number of furan rings is 1. The summed E-state index contributed by atoms with van der Waals surface area (Å²) in [6.07, 6.45) is 3.15. The Kier molecular flexibility index (Phi) is 6.49. The zero-order chi connectivity index (χ0) is 14.3. The van der Waals surface area contributed by atoms with Crippen LogP contribution < -0.4 is 5.32 Å². The van der Waals surface area contributed by atoms with Crippen LogP contribution in [-0.4, -0.2) is 29.8 Å². The summed E-state index contributed by atoms with van der Waals surface area (Å²) in [6, 6.07) is 3.44. The van der Waals surface area contributed by atoms with Crippen LogP contribution in [-0.2, 0) is 10.5 Å². The molecule has 0 aliphatic carbocycles. The van der Waals surface area contributed by atoms with Crippen molar-refractivity contribution in [2.24, 2.45) is 5.92 Å². The van der Waals surface area contributed by atoms with Crippen LogP contribution in [0.25, 0.3) is 0 Å². The summed E-state index contributed by atoms with van der Waals surface area (Å²) in [4.78, 5) is 22.3. The zero-order valence-corrected chi connectivity index (χ0v) is 12.0. The van der Waals surface area contributed by atoms with Gasteiger partial charge >= 0.3 is 5.97 Å². The van der Waals surface area contributed by atoms with E-state index in [0.29, 0.717) is 25.1 Å². The Morgan fingerprint density at radius 1 is 1.47 bits per heavy atom. The van der Waals surface area contributed by atoms with Gasteiger partial charge in [-0.1, -0.05) is 6.92 Å². The van der Waals surface area contributed by atoms with Gasteiger partial charge in [-0.2, -0.15) is 11.8 Å². The highest BCUT2D eigenvalue weighted by Gasteiger charge is 2.12. The first kappa shape index (κ1) is 15.6. The second-order valence-corrected chi connectivity index (χ2v) is 5.20. The lowest BCUT2D eigenvalue weighted by Crippen LogP contribution is -2.24. The number of rotatable bonds is 8. The van der Waals surface area contributed by atoms with Crippen molar-refractivity contribution < 1.29 is 19.1 Å². The van der Waals surface area contributed by atoms with Crippen LogP contribution in [0.3, 0.4) is 0 Å². The minimum atomic E-state index is -0.806. The van der Waals surface area contributed by atoms with Crippen molar-refractivity contribution in [3.63, 3.8) is 0 Å². The van der Waals surface area contributed by atoms with Gasteiger partial charge in [0.05, 0.1) is 11.7 Å². The molecule has 5 nitrogen and oxygen atoms in total. The molecular weight excluding hydrogens is 266 g/mol. The minimum absolute atomic E-state index is 0.254. The maximum Gasteiger partial charge on any atom is 0.306 e. The van der Waals surface area contributed by atoms with E-state index < -0.39 is 5.97 Å². The second kappa shape index (κ2) is 7.89. The smallest absolute Gasteiger partial charge is 0.306 e. The van der Waals surface area contributed by atoms with Crippen molar-refractivity contribution in [2.45, 2.75) is 25.5 Å². The van der Waals surface area contributed by atoms with E-state index in [9.17, 15) is 9.59 Å². The van der Waals surface area contributed by atoms with Gasteiger partial charge in [-0.25, -0.2) is 0 Å². The molecule has 106 valence electrons. The molecule has 1 rings (SSSR count). The van der Waals surface area contributed by atoms with Gasteiger partial charge < -0.3 is 14.8 Å². The predicted octanol–water partition coefficient (Wildman–Crippen LogP) is 2.37. The van der Waals surface area contributed by atoms with Crippen LogP contribution in [0.4, 0.5) is 0 Å². The third kappa shape index (κ3) is 5.38. The number of amides is 1. The lowest BCUT2D eigenvalue weighted by Gasteiger charge is -2.06. The number of nitrogens with one attached hydrogen (secondary N) is 1. The molecule has 1 aromatic heterocycles. The van der Waals surface area contributed by atoms with Gasteiger partial charge in [0.2, 0.25) is 0 Å². The maximum atomic E-state index is 11.7. The molecular formula is C13H19NO4S. The molecule has 1 amide bonds. The monoisotopic (exact) mass is 285 g/mol. The molecule has 0 bridgehead atoms. The highest BCUT2D eigenvalue weighted by Crippen LogP contribution is 2.13. The van der Waals surface area contributed by atoms with Gasteiger partial charge in [0.1, 0.15) is 5.76 Å². The van der Waals surface area contributed by atoms with Crippen molar-refractivity contribution in [3.8, 4) is 0 Å². The Bertz CT molecular complexity index is 430. The van der Waals surface area contributed by atoms with Crippen molar-refractivity contribution in [2.75, 3.05) is 12.8 Å². The molecule has 0 aromatic carbocycles. The summed E-state index contributed by atoms with van der Waals surface area (Å²) in [5, 5.41) is 11.4. The van der Waals surface area contributed by atoms with Gasteiger partial charge in [0.25, 0.3) is 5.91 Å². The number of thioether (sulfide) groups is 1. The van der Waals surface area contributed by atoms with E-state index >= 15 is 0 Å². The van der Waals surface area contributed by atoms with Crippen LogP contribution in [0, 0.1) is 5.92 Å². The summed E-state index contributed by atoms with van der Waals surface area (Å²) >= 11 is 1.63. The summed E-state index contributed by atoms with van der Waals surface area (Å²) in [6.45, 7) is 2.11. The molecule has 0 saturated carbocycles. The van der Waals surface area contributed by atoms with E-state index in [0.717, 1.165) is 11.5 Å². The quantitative estimate of drug-likeness (QED) is 0.717. The Morgan fingerprint density at radius 2 is 2.21 bits per heavy atom. The molecule has 1 aromatic rings. The summed E-state index contributed by atoms with van der Waals surface area (Å²) in [5.41, 5.74) is 0. The molecule has 2 N–H and O–H groups in total. The number of carboxylic acids is 1. The van der Waals surface area contributed by atoms with Crippen LogP contribution in [0.2, 0.25) is 0 Å². The first-order valence-corrected chi connectivity index (χ1v) is 7.52. The first-order chi connectivity index (χ1) is 9.04. The fraction of sp³-hybridized carbons (Fsp3) is 0.538. The largest absolute Gasteiger partial charge is 0.481 e. The van der Waals surface area contributed by atoms with Gasteiger partial charge in [-0.3, -0.25) is 9.59 Å². The highest BCUT2D eigenvalue weighted by molar-refractivity contribution is 7.97. The summed E-state index contributed by atoms with van der Waals surface area (Å²) in [7, 11) is 0. The minimum Gasteiger partial charge on any atom is -0.481 e. The molecule has 0 aliphatic heterocycles. The van der Waals surface area contributed by atoms with E-state index in [1.807, 2.05) is 6.26 Å². The lowest BCUT2D eigenvalue weighted by molar-refractivity contribution is -0.141. The Morgan fingerprint density at radius 3 is 2.84 bits per heavy atom. The fourth-order valence-corrected chi connectivity index (χ4v) is 1.98. The average molecular weight is 285 g/mol. The second-order valence-electron chi connectivity index (χ2n) is 4.34. The standard InChI is InChI=1S/C13H19NO4S/c1-9(13(16)17)4-3-7-14-12(15)11-6-5-10(18-11)8-19-2/h5-6,9H,3-4,7-8H2,1-2H3,(H,14,15)(H,16,17). The van der Waals surface area contributed by atoms with E-state index in [2.05, 4.69) is 5.32 Å². The van der Waals surface area contributed by atoms with Gasteiger partial charge in [-0.15, -0.1) is 0 Å². The Labute approximate surface area is 116 Å². The molecule has 1 atom stereocenters. The Balaban J connectivity index is 2.28. The molecule has 0 fully saturated rings. The lowest BCUT2D eigenvalue weighted by atomic mass is 10.1. The molecule has 19 heavy (non-hydrogen) atoms. The zero-order valence-electron chi connectivity index (χ0n) is 11.1. The van der Waals surface area contributed by atoms with Crippen LogP contribution in [0.1, 0.15) is 36.1 Å². The molecule has 6 heteroatoms. The number of hydrogen-bond donors (Lipinski definition) is 2. The number of hydrogen-bond acceptors (Lipinski definition) is 4. The molecule has 0 aliphatic rings. The molecule has 0 spiro atoms. The number of carboxylic acid groups (broad SMARTS) is 1. The molecule has 0 radical (unpaired) electrons. The summed E-state index contributed by atoms with van der Waals surface area (Å²) < 4.78 is 5.38. The number of carbonyl (C=O) groups excluding carboxylic acids is 1. The third-order valence-corrected chi connectivity index (χ3v) is 3.27. The van der Waals surface area contributed by atoms with E-state index in [4.69, 9.17) is 9.52 Å².